The Kier molecular flexibility index (Phi) is 27.2. The van der Waals surface area contributed by atoms with E-state index >= 15 is 0 Å². The first-order chi connectivity index (χ1) is 5.41. The number of unbranched alkanes of at least 4 members (excludes halogenated alkanes) is 8. The molecule has 0 saturated carbocycles. The molecule has 0 radical (unpaired) electrons. The summed E-state index contributed by atoms with van der Waals surface area (Å²) < 4.78 is 0. The Labute approximate surface area is 97.4 Å². The molecule has 2 heteroatoms. The van der Waals surface area contributed by atoms with Gasteiger partial charge in [0.25, 0.3) is 0 Å². The van der Waals surface area contributed by atoms with Crippen LogP contribution < -0.4 is 0 Å². The van der Waals surface area contributed by atoms with Crippen molar-refractivity contribution in [3.63, 3.8) is 0 Å². The van der Waals surface area contributed by atoms with E-state index in [0.717, 1.165) is 6.42 Å². The molecule has 0 aliphatic carbocycles. The third-order valence-electron chi connectivity index (χ3n) is 2.10. The van der Waals surface area contributed by atoms with E-state index in [1.807, 2.05) is 0 Å². The molecule has 0 aromatic rings. The first-order valence-electron chi connectivity index (χ1n) is 5.21. The minimum absolute atomic E-state index is 0. The fraction of sp³-hybridized carbons (Fsp3) is 0.909. The molecule has 0 aromatic heterocycles. The quantitative estimate of drug-likeness (QED) is 0.320. The van der Waals surface area contributed by atoms with Crippen molar-refractivity contribution in [2.24, 2.45) is 0 Å². The van der Waals surface area contributed by atoms with Crippen molar-refractivity contribution in [3.05, 3.63) is 13.1 Å². The van der Waals surface area contributed by atoms with E-state index in [4.69, 9.17) is 0 Å². The smallest absolute Gasteiger partial charge is 0.693 e. The molecule has 0 aliphatic heterocycles. The fourth-order valence-corrected chi connectivity index (χ4v) is 1.31. The molecule has 0 saturated heterocycles. The van der Waals surface area contributed by atoms with Crippen molar-refractivity contribution in [3.8, 4) is 0 Å². The molecular formula is C11H25NZn. The molecule has 0 spiro atoms. The molecule has 0 aliphatic rings. The van der Waals surface area contributed by atoms with Crippen LogP contribution in [0.25, 0.3) is 6.15 Å². The van der Waals surface area contributed by atoms with Gasteiger partial charge in [-0.3, -0.25) is 0 Å². The fourth-order valence-electron chi connectivity index (χ4n) is 1.31. The molecule has 76 valence electrons. The van der Waals surface area contributed by atoms with Crippen molar-refractivity contribution >= 4 is 0 Å². The van der Waals surface area contributed by atoms with Crippen LogP contribution in [0.4, 0.5) is 0 Å². The predicted molar refractivity (Wildman–Crippen MR) is 57.9 cm³/mol. The molecule has 0 bridgehead atoms. The molecular weight excluding hydrogens is 212 g/mol. The van der Waals surface area contributed by atoms with Gasteiger partial charge in [0.1, 0.15) is 0 Å². The van der Waals surface area contributed by atoms with Crippen LogP contribution in [-0.4, -0.2) is 0 Å². The van der Waals surface area contributed by atoms with Crippen molar-refractivity contribution in [2.75, 3.05) is 0 Å². The van der Waals surface area contributed by atoms with Crippen molar-refractivity contribution < 1.29 is 19.5 Å². The summed E-state index contributed by atoms with van der Waals surface area (Å²) in [5, 5.41) is 0. The maximum absolute atomic E-state index is 3.83. The van der Waals surface area contributed by atoms with Crippen LogP contribution >= 0.6 is 0 Å². The summed E-state index contributed by atoms with van der Waals surface area (Å²) in [5.74, 6) is 0. The second-order valence-electron chi connectivity index (χ2n) is 3.33. The Bertz CT molecular complexity index is 59.1. The summed E-state index contributed by atoms with van der Waals surface area (Å²) in [6, 6.07) is 0. The first kappa shape index (κ1) is 19.2. The predicted octanol–water partition coefficient (Wildman–Crippen LogP) is 5.07. The van der Waals surface area contributed by atoms with E-state index in [1.165, 1.54) is 51.4 Å². The summed E-state index contributed by atoms with van der Waals surface area (Å²) >= 11 is 0. The number of nitrogens with two attached hydrogens (primary N) is 1. The Morgan fingerprint density at radius 1 is 0.769 bits per heavy atom. The number of rotatable bonds is 8. The average Bonchev–Trinajstić information content (AvgIpc) is 2.03. The van der Waals surface area contributed by atoms with Crippen LogP contribution in [0.3, 0.4) is 0 Å². The Morgan fingerprint density at radius 2 is 1.15 bits per heavy atom. The van der Waals surface area contributed by atoms with E-state index in [9.17, 15) is 0 Å². The SMILES string of the molecule is [CH2-]CCCCCCCCCC.[NH2-].[Zn+2]. The summed E-state index contributed by atoms with van der Waals surface area (Å²) in [5.41, 5.74) is 0. The van der Waals surface area contributed by atoms with Crippen LogP contribution in [0.5, 0.6) is 0 Å². The normalized spacial score (nSPS) is 8.77. The topological polar surface area (TPSA) is 33.5 Å². The molecule has 0 aromatic carbocycles. The third kappa shape index (κ3) is 19.1. The molecule has 2 N–H and O–H groups in total. The minimum Gasteiger partial charge on any atom is -0.693 e. The molecule has 0 unspecified atom stereocenters. The van der Waals surface area contributed by atoms with Crippen molar-refractivity contribution in [2.45, 2.75) is 64.7 Å². The zero-order chi connectivity index (χ0) is 8.36. The Hall–Kier alpha value is 0.583. The number of hydrogen-bond donors (Lipinski definition) is 0. The van der Waals surface area contributed by atoms with Crippen LogP contribution in [0.2, 0.25) is 0 Å². The standard InChI is InChI=1S/C11H23.H2N.Zn/c1-3-5-7-9-11-10-8-6-4-2;;/h1,3-11H2,2H3;1H2;/q2*-1;+2. The molecule has 0 rings (SSSR count). The molecule has 0 atom stereocenters. The molecule has 0 fully saturated rings. The van der Waals surface area contributed by atoms with Gasteiger partial charge in [0.15, 0.2) is 0 Å². The van der Waals surface area contributed by atoms with Crippen molar-refractivity contribution in [1.29, 1.82) is 0 Å². The maximum Gasteiger partial charge on any atom is 2.00 e. The van der Waals surface area contributed by atoms with Gasteiger partial charge in [-0.2, -0.15) is 6.42 Å². The van der Waals surface area contributed by atoms with Gasteiger partial charge in [-0.05, 0) is 0 Å². The summed E-state index contributed by atoms with van der Waals surface area (Å²) in [6.45, 7) is 6.10. The molecule has 1 nitrogen and oxygen atoms in total. The van der Waals surface area contributed by atoms with Crippen LogP contribution in [0.1, 0.15) is 64.7 Å². The minimum atomic E-state index is 0. The average molecular weight is 237 g/mol. The zero-order valence-corrected chi connectivity index (χ0v) is 12.3. The van der Waals surface area contributed by atoms with Crippen LogP contribution in [-0.2, 0) is 19.5 Å². The van der Waals surface area contributed by atoms with Gasteiger partial charge in [-0.25, -0.2) is 0 Å². The van der Waals surface area contributed by atoms with E-state index < -0.39 is 0 Å². The van der Waals surface area contributed by atoms with Gasteiger partial charge in [-0.1, -0.05) is 58.3 Å². The van der Waals surface area contributed by atoms with Gasteiger partial charge in [-0.15, -0.1) is 0 Å². The maximum atomic E-state index is 3.83. The second-order valence-corrected chi connectivity index (χ2v) is 3.33. The van der Waals surface area contributed by atoms with E-state index in [2.05, 4.69) is 13.8 Å². The van der Waals surface area contributed by atoms with Gasteiger partial charge in [0, 0.05) is 0 Å². The van der Waals surface area contributed by atoms with E-state index in [1.54, 1.807) is 0 Å². The van der Waals surface area contributed by atoms with Gasteiger partial charge in [0.2, 0.25) is 0 Å². The van der Waals surface area contributed by atoms with E-state index in [-0.39, 0.29) is 25.6 Å². The third-order valence-corrected chi connectivity index (χ3v) is 2.10. The molecule has 0 amide bonds. The molecule has 0 heterocycles. The summed E-state index contributed by atoms with van der Waals surface area (Å²) in [7, 11) is 0. The summed E-state index contributed by atoms with van der Waals surface area (Å²) in [6.07, 6.45) is 12.4. The van der Waals surface area contributed by atoms with Crippen LogP contribution in [0.15, 0.2) is 0 Å². The largest absolute Gasteiger partial charge is 2.00 e. The van der Waals surface area contributed by atoms with Gasteiger partial charge in [0.05, 0.1) is 0 Å². The monoisotopic (exact) mass is 235 g/mol. The Morgan fingerprint density at radius 3 is 1.54 bits per heavy atom. The number of hydrogen-bond acceptors (Lipinski definition) is 0. The molecule has 13 heavy (non-hydrogen) atoms. The second kappa shape index (κ2) is 18.4. The van der Waals surface area contributed by atoms with Gasteiger partial charge >= 0.3 is 19.5 Å². The first-order valence-corrected chi connectivity index (χ1v) is 5.21. The van der Waals surface area contributed by atoms with E-state index in [0.29, 0.717) is 0 Å². The van der Waals surface area contributed by atoms with Crippen LogP contribution in [0, 0.1) is 6.92 Å². The Balaban J connectivity index is -0.000000500. The summed E-state index contributed by atoms with van der Waals surface area (Å²) in [4.78, 5) is 0. The van der Waals surface area contributed by atoms with Crippen molar-refractivity contribution in [1.82, 2.24) is 0 Å². The van der Waals surface area contributed by atoms with Gasteiger partial charge < -0.3 is 13.1 Å². The zero-order valence-electron chi connectivity index (χ0n) is 9.36.